The summed E-state index contributed by atoms with van der Waals surface area (Å²) in [5.74, 6) is 0.323. The fourth-order valence-electron chi connectivity index (χ4n) is 5.69. The van der Waals surface area contributed by atoms with Gasteiger partial charge in [-0.3, -0.25) is 9.78 Å². The lowest BCUT2D eigenvalue weighted by molar-refractivity contribution is -0.117. The number of aliphatic hydroxyl groups excluding tert-OH is 1. The molecule has 1 amide bonds. The van der Waals surface area contributed by atoms with Crippen LogP contribution >= 0.6 is 11.3 Å². The monoisotopic (exact) mass is 654 g/mol. The summed E-state index contributed by atoms with van der Waals surface area (Å²) in [5.41, 5.74) is 4.04. The molecule has 44 heavy (non-hydrogen) atoms. The van der Waals surface area contributed by atoms with Gasteiger partial charge in [0.05, 0.1) is 72.1 Å². The number of rotatable bonds is 18. The Bertz CT molecular complexity index is 1390. The number of thiazole rings is 1. The number of ether oxygens (including phenoxy) is 4. The van der Waals surface area contributed by atoms with Gasteiger partial charge in [-0.05, 0) is 61.6 Å². The summed E-state index contributed by atoms with van der Waals surface area (Å²) >= 11 is 0.954. The van der Waals surface area contributed by atoms with Crippen molar-refractivity contribution in [3.05, 3.63) is 39.3 Å². The van der Waals surface area contributed by atoms with Crippen LogP contribution in [-0.2, 0) is 64.9 Å². The molecule has 4 N–H and O–H groups in total. The van der Waals surface area contributed by atoms with Crippen molar-refractivity contribution in [3.8, 4) is 0 Å². The molecule has 0 saturated carbocycles. The largest absolute Gasteiger partial charge is 0.394 e. The average Bonchev–Trinajstić information content (AvgIpc) is 3.73. The highest BCUT2D eigenvalue weighted by atomic mass is 32.2. The van der Waals surface area contributed by atoms with Crippen molar-refractivity contribution in [2.24, 2.45) is 15.4 Å². The Morgan fingerprint density at radius 2 is 1.75 bits per heavy atom. The van der Waals surface area contributed by atoms with Crippen molar-refractivity contribution in [1.29, 1.82) is 0 Å². The lowest BCUT2D eigenvalue weighted by atomic mass is 9.91. The van der Waals surface area contributed by atoms with E-state index >= 15 is 0 Å². The van der Waals surface area contributed by atoms with Gasteiger partial charge >= 0.3 is 0 Å². The quantitative estimate of drug-likeness (QED) is 0.203. The van der Waals surface area contributed by atoms with Crippen molar-refractivity contribution in [3.63, 3.8) is 0 Å². The lowest BCUT2D eigenvalue weighted by Crippen LogP contribution is -2.28. The molecule has 2 aliphatic rings. The average molecular weight is 655 g/mol. The summed E-state index contributed by atoms with van der Waals surface area (Å²) in [6.07, 6.45) is 6.09. The third-order valence-electron chi connectivity index (χ3n) is 7.88. The van der Waals surface area contributed by atoms with Gasteiger partial charge < -0.3 is 29.2 Å². The molecule has 0 radical (unpaired) electrons. The van der Waals surface area contributed by atoms with E-state index in [0.29, 0.717) is 44.9 Å². The summed E-state index contributed by atoms with van der Waals surface area (Å²) in [7, 11) is -3.56. The Hall–Kier alpha value is -1.88. The number of carbonyl (C=O) groups excluding carboxylic acids is 1. The first kappa shape index (κ1) is 35.0. The van der Waals surface area contributed by atoms with Gasteiger partial charge in [-0.2, -0.15) is 0 Å². The van der Waals surface area contributed by atoms with Crippen molar-refractivity contribution in [2.75, 3.05) is 59.5 Å². The van der Waals surface area contributed by atoms with Crippen molar-refractivity contribution in [2.45, 2.75) is 75.0 Å². The van der Waals surface area contributed by atoms with Crippen molar-refractivity contribution in [1.82, 2.24) is 9.97 Å². The van der Waals surface area contributed by atoms with Crippen molar-refractivity contribution < 1.29 is 38.2 Å². The number of aryl methyl sites for hydroxylation is 1. The minimum atomic E-state index is -3.56. The summed E-state index contributed by atoms with van der Waals surface area (Å²) in [6, 6.07) is 0. The topological polar surface area (TPSA) is 176 Å². The third-order valence-corrected chi connectivity index (χ3v) is 11.0. The lowest BCUT2D eigenvalue weighted by Gasteiger charge is -2.20. The van der Waals surface area contributed by atoms with E-state index in [1.807, 2.05) is 0 Å². The van der Waals surface area contributed by atoms with Crippen LogP contribution < -0.4 is 5.14 Å². The van der Waals surface area contributed by atoms with Gasteiger partial charge in [-0.1, -0.05) is 13.8 Å². The summed E-state index contributed by atoms with van der Waals surface area (Å²) < 4.78 is 38.9. The molecule has 0 aliphatic heterocycles. The number of pyridine rings is 1. The van der Waals surface area contributed by atoms with Crippen LogP contribution in [0.2, 0.25) is 0 Å². The number of nitrogens with two attached hydrogens (primary N) is 1. The Kier molecular flexibility index (Phi) is 12.8. The molecule has 2 aromatic rings. The summed E-state index contributed by atoms with van der Waals surface area (Å²) in [5, 5.41) is 25.9. The standard InChI is InChI=1S/C30H46N4O8S2/c1-20(2)21-7-8-23-24(22-5-4-6-25(22)33-28(21)23)17-26(36)34-44(31,38)27-18-32-29(43-27)30(3,37)19-42-16-15-41-14-13-40-12-11-39-10-9-35/h18,20-21,35,37H,4-17,19H2,1-3H3,(H2,31,34,36,38). The molecule has 3 atom stereocenters. The van der Waals surface area contributed by atoms with E-state index in [-0.39, 0.29) is 42.1 Å². The van der Waals surface area contributed by atoms with Crippen LogP contribution in [-0.4, -0.2) is 89.8 Å². The molecule has 0 fully saturated rings. The molecule has 14 heteroatoms. The maximum absolute atomic E-state index is 13.4. The van der Waals surface area contributed by atoms with E-state index in [0.717, 1.165) is 71.5 Å². The van der Waals surface area contributed by atoms with E-state index in [9.17, 15) is 14.1 Å². The number of nitrogens with zero attached hydrogens (tertiary/aromatic N) is 3. The number of fused-ring (bicyclic) bond motifs is 2. The Morgan fingerprint density at radius 1 is 1.09 bits per heavy atom. The predicted molar refractivity (Wildman–Crippen MR) is 166 cm³/mol. The molecule has 3 unspecified atom stereocenters. The van der Waals surface area contributed by atoms with Crippen molar-refractivity contribution >= 4 is 27.2 Å². The van der Waals surface area contributed by atoms with E-state index in [1.54, 1.807) is 6.92 Å². The molecule has 0 spiro atoms. The van der Waals surface area contributed by atoms with Crippen LogP contribution in [0.3, 0.4) is 0 Å². The SMILES string of the molecule is CC(C)C1CCc2c1nc1c(c2CC(=O)N=S(N)(=O)c2cnc(C(C)(O)COCCOCCOCCOCCO)s2)CCC1. The zero-order valence-corrected chi connectivity index (χ0v) is 27.6. The molecule has 0 aromatic carbocycles. The number of hydrogen-bond donors (Lipinski definition) is 3. The maximum Gasteiger partial charge on any atom is 0.259 e. The number of carbonyl (C=O) groups is 1. The van der Waals surface area contributed by atoms with Crippen LogP contribution in [0.4, 0.5) is 0 Å². The van der Waals surface area contributed by atoms with Crippen LogP contribution in [0.15, 0.2) is 14.8 Å². The molecular weight excluding hydrogens is 608 g/mol. The fraction of sp³-hybridized carbons (Fsp3) is 0.700. The normalized spacial score (nSPS) is 18.7. The van der Waals surface area contributed by atoms with E-state index in [1.165, 1.54) is 6.20 Å². The first-order valence-corrected chi connectivity index (χ1v) is 17.6. The molecular formula is C30H46N4O8S2. The van der Waals surface area contributed by atoms with Crippen LogP contribution in [0.25, 0.3) is 0 Å². The van der Waals surface area contributed by atoms with E-state index in [4.69, 9.17) is 34.2 Å². The van der Waals surface area contributed by atoms with E-state index in [2.05, 4.69) is 23.2 Å². The fourth-order valence-corrected chi connectivity index (χ4v) is 7.86. The van der Waals surface area contributed by atoms with Gasteiger partial charge in [0, 0.05) is 17.3 Å². The first-order chi connectivity index (χ1) is 21.0. The van der Waals surface area contributed by atoms with E-state index < -0.39 is 21.4 Å². The van der Waals surface area contributed by atoms with Gasteiger partial charge in [0.2, 0.25) is 0 Å². The highest BCUT2D eigenvalue weighted by molar-refractivity contribution is 7.93. The summed E-state index contributed by atoms with van der Waals surface area (Å²) in [4.78, 5) is 22.4. The number of amides is 1. The number of aromatic nitrogens is 2. The van der Waals surface area contributed by atoms with Gasteiger partial charge in [-0.25, -0.2) is 14.3 Å². The van der Waals surface area contributed by atoms with Gasteiger partial charge in [0.25, 0.3) is 5.91 Å². The Balaban J connectivity index is 1.30. The van der Waals surface area contributed by atoms with Gasteiger partial charge in [0.1, 0.15) is 14.8 Å². The highest BCUT2D eigenvalue weighted by Crippen LogP contribution is 2.42. The van der Waals surface area contributed by atoms with Crippen LogP contribution in [0.1, 0.15) is 72.6 Å². The second-order valence-corrected chi connectivity index (χ2v) is 14.8. The van der Waals surface area contributed by atoms with Gasteiger partial charge in [0.15, 0.2) is 9.92 Å². The zero-order chi connectivity index (χ0) is 31.7. The molecule has 0 saturated heterocycles. The number of aliphatic hydroxyl groups is 2. The molecule has 0 bridgehead atoms. The van der Waals surface area contributed by atoms with Crippen LogP contribution in [0.5, 0.6) is 0 Å². The second kappa shape index (κ2) is 16.1. The molecule has 2 aromatic heterocycles. The molecule has 12 nitrogen and oxygen atoms in total. The third kappa shape index (κ3) is 9.10. The zero-order valence-electron chi connectivity index (χ0n) is 25.9. The molecule has 2 aliphatic carbocycles. The predicted octanol–water partition coefficient (Wildman–Crippen LogP) is 2.45. The van der Waals surface area contributed by atoms with Crippen LogP contribution in [0, 0.1) is 5.92 Å². The maximum atomic E-state index is 13.4. The molecule has 246 valence electrons. The minimum absolute atomic E-state index is 0.0147. The number of hydrogen-bond acceptors (Lipinski definition) is 11. The first-order valence-electron chi connectivity index (χ1n) is 15.2. The smallest absolute Gasteiger partial charge is 0.259 e. The Morgan fingerprint density at radius 3 is 2.41 bits per heavy atom. The molecule has 4 rings (SSSR count). The second-order valence-electron chi connectivity index (χ2n) is 11.7. The highest BCUT2D eigenvalue weighted by Gasteiger charge is 2.33. The summed E-state index contributed by atoms with van der Waals surface area (Å²) in [6.45, 7) is 8.33. The Labute approximate surface area is 264 Å². The van der Waals surface area contributed by atoms with Gasteiger partial charge in [-0.15, -0.1) is 15.7 Å². The molecule has 2 heterocycles. The minimum Gasteiger partial charge on any atom is -0.394 e.